The van der Waals surface area contributed by atoms with Crippen LogP contribution >= 0.6 is 12.4 Å². The number of halogens is 1. The van der Waals surface area contributed by atoms with Gasteiger partial charge in [-0.25, -0.2) is 0 Å². The van der Waals surface area contributed by atoms with Crippen LogP contribution in [-0.4, -0.2) is 35.7 Å². The Labute approximate surface area is 170 Å². The fraction of sp³-hybridized carbons (Fsp3) is 0.286. The van der Waals surface area contributed by atoms with Crippen LogP contribution in [0.5, 0.6) is 0 Å². The molecule has 0 spiro atoms. The van der Waals surface area contributed by atoms with Crippen LogP contribution in [0.3, 0.4) is 0 Å². The van der Waals surface area contributed by atoms with Crippen molar-refractivity contribution in [2.45, 2.75) is 25.3 Å². The third-order valence-corrected chi connectivity index (χ3v) is 4.64. The van der Waals surface area contributed by atoms with E-state index in [1.165, 1.54) is 4.90 Å². The highest BCUT2D eigenvalue weighted by Crippen LogP contribution is 2.22. The van der Waals surface area contributed by atoms with Gasteiger partial charge in [-0.2, -0.15) is 0 Å². The van der Waals surface area contributed by atoms with E-state index in [0.29, 0.717) is 37.1 Å². The summed E-state index contributed by atoms with van der Waals surface area (Å²) >= 11 is 0. The van der Waals surface area contributed by atoms with Gasteiger partial charge in [0.2, 0.25) is 5.91 Å². The highest BCUT2D eigenvalue weighted by Gasteiger charge is 2.34. The van der Waals surface area contributed by atoms with Crippen molar-refractivity contribution in [2.75, 3.05) is 13.1 Å². The first-order chi connectivity index (χ1) is 13.1. The molecule has 1 heterocycles. The molecule has 1 aliphatic heterocycles. The molecular formula is C21H24ClN3O3. The van der Waals surface area contributed by atoms with Crippen LogP contribution < -0.4 is 11.1 Å². The van der Waals surface area contributed by atoms with E-state index in [1.54, 1.807) is 24.3 Å². The topological polar surface area (TPSA) is 92.5 Å². The number of carbonyl (C=O) groups is 3. The van der Waals surface area contributed by atoms with Gasteiger partial charge in [0, 0.05) is 25.6 Å². The second-order valence-electron chi connectivity index (χ2n) is 6.59. The van der Waals surface area contributed by atoms with Crippen molar-refractivity contribution < 1.29 is 14.4 Å². The Morgan fingerprint density at radius 3 is 2.11 bits per heavy atom. The van der Waals surface area contributed by atoms with Crippen LogP contribution in [0.15, 0.2) is 54.6 Å². The molecule has 7 heteroatoms. The Morgan fingerprint density at radius 2 is 1.50 bits per heavy atom. The fourth-order valence-corrected chi connectivity index (χ4v) is 3.15. The van der Waals surface area contributed by atoms with Gasteiger partial charge in [-0.05, 0) is 30.5 Å². The Bertz CT molecular complexity index is 807. The second-order valence-corrected chi connectivity index (χ2v) is 6.59. The molecule has 1 aliphatic rings. The highest BCUT2D eigenvalue weighted by atomic mass is 35.5. The lowest BCUT2D eigenvalue weighted by Crippen LogP contribution is -2.32. The number of nitrogens with two attached hydrogens (primary N) is 1. The summed E-state index contributed by atoms with van der Waals surface area (Å²) in [7, 11) is 0. The monoisotopic (exact) mass is 401 g/mol. The van der Waals surface area contributed by atoms with Crippen LogP contribution in [0.4, 0.5) is 0 Å². The summed E-state index contributed by atoms with van der Waals surface area (Å²) in [6.07, 6.45) is 1.54. The van der Waals surface area contributed by atoms with Gasteiger partial charge in [-0.15, -0.1) is 12.4 Å². The maximum absolute atomic E-state index is 12.3. The van der Waals surface area contributed by atoms with Gasteiger partial charge < -0.3 is 11.1 Å². The van der Waals surface area contributed by atoms with Gasteiger partial charge in [-0.1, -0.05) is 42.5 Å². The molecule has 2 aromatic rings. The minimum Gasteiger partial charge on any atom is -0.356 e. The SMILES string of the molecule is Cl.NC(CC(=O)NCCCCN1C(=O)c2ccccc2C1=O)c1ccccc1. The summed E-state index contributed by atoms with van der Waals surface area (Å²) in [4.78, 5) is 37.8. The number of amides is 3. The number of fused-ring (bicyclic) bond motifs is 1. The second kappa shape index (κ2) is 10.0. The zero-order valence-electron chi connectivity index (χ0n) is 15.5. The lowest BCUT2D eigenvalue weighted by atomic mass is 10.0. The summed E-state index contributed by atoms with van der Waals surface area (Å²) in [5, 5.41) is 2.84. The molecule has 0 radical (unpaired) electrons. The Balaban J connectivity index is 0.00000280. The maximum atomic E-state index is 12.3. The average molecular weight is 402 g/mol. The number of nitrogens with one attached hydrogen (secondary N) is 1. The number of hydrogen-bond donors (Lipinski definition) is 2. The van der Waals surface area contributed by atoms with Crippen LogP contribution in [-0.2, 0) is 4.79 Å². The summed E-state index contributed by atoms with van der Waals surface area (Å²) in [6.45, 7) is 0.843. The molecule has 28 heavy (non-hydrogen) atoms. The molecule has 3 amide bonds. The van der Waals surface area contributed by atoms with Crippen molar-refractivity contribution in [1.29, 1.82) is 0 Å². The van der Waals surface area contributed by atoms with Gasteiger partial charge >= 0.3 is 0 Å². The van der Waals surface area contributed by atoms with Crippen molar-refractivity contribution in [1.82, 2.24) is 10.2 Å². The van der Waals surface area contributed by atoms with Crippen molar-refractivity contribution in [3.05, 3.63) is 71.3 Å². The van der Waals surface area contributed by atoms with E-state index in [9.17, 15) is 14.4 Å². The first-order valence-corrected chi connectivity index (χ1v) is 9.10. The maximum Gasteiger partial charge on any atom is 0.261 e. The van der Waals surface area contributed by atoms with E-state index in [2.05, 4.69) is 5.32 Å². The molecule has 0 fully saturated rings. The van der Waals surface area contributed by atoms with Crippen molar-refractivity contribution >= 4 is 30.1 Å². The average Bonchev–Trinajstić information content (AvgIpc) is 2.93. The van der Waals surface area contributed by atoms with Crippen LogP contribution in [0.25, 0.3) is 0 Å². The van der Waals surface area contributed by atoms with E-state index in [1.807, 2.05) is 30.3 Å². The quantitative estimate of drug-likeness (QED) is 0.525. The number of unbranched alkanes of at least 4 members (excludes halogenated alkanes) is 1. The van der Waals surface area contributed by atoms with Crippen molar-refractivity contribution in [3.8, 4) is 0 Å². The fourth-order valence-electron chi connectivity index (χ4n) is 3.15. The minimum absolute atomic E-state index is 0. The molecule has 3 rings (SSSR count). The van der Waals surface area contributed by atoms with Crippen LogP contribution in [0, 0.1) is 0 Å². The summed E-state index contributed by atoms with van der Waals surface area (Å²) in [5.41, 5.74) is 7.90. The molecule has 1 unspecified atom stereocenters. The van der Waals surface area contributed by atoms with Gasteiger partial charge in [0.1, 0.15) is 0 Å². The van der Waals surface area contributed by atoms with Gasteiger partial charge in [0.25, 0.3) is 11.8 Å². The third kappa shape index (κ3) is 4.97. The highest BCUT2D eigenvalue weighted by molar-refractivity contribution is 6.21. The molecule has 0 bridgehead atoms. The van der Waals surface area contributed by atoms with E-state index in [-0.39, 0.29) is 42.6 Å². The van der Waals surface area contributed by atoms with Crippen LogP contribution in [0.1, 0.15) is 51.6 Å². The molecule has 0 saturated carbocycles. The number of hydrogen-bond acceptors (Lipinski definition) is 4. The lowest BCUT2D eigenvalue weighted by Gasteiger charge is -2.14. The smallest absolute Gasteiger partial charge is 0.261 e. The predicted octanol–water partition coefficient (Wildman–Crippen LogP) is 2.69. The first-order valence-electron chi connectivity index (χ1n) is 9.10. The van der Waals surface area contributed by atoms with Gasteiger partial charge in [-0.3, -0.25) is 19.3 Å². The minimum atomic E-state index is -0.329. The lowest BCUT2D eigenvalue weighted by molar-refractivity contribution is -0.121. The summed E-state index contributed by atoms with van der Waals surface area (Å²) in [5.74, 6) is -0.589. The predicted molar refractivity (Wildman–Crippen MR) is 109 cm³/mol. The molecule has 2 aromatic carbocycles. The summed E-state index contributed by atoms with van der Waals surface area (Å²) in [6, 6.07) is 16.0. The molecule has 0 saturated heterocycles. The zero-order valence-corrected chi connectivity index (χ0v) is 16.3. The van der Waals surface area contributed by atoms with E-state index in [0.717, 1.165) is 5.56 Å². The van der Waals surface area contributed by atoms with E-state index >= 15 is 0 Å². The van der Waals surface area contributed by atoms with Gasteiger partial charge in [0.05, 0.1) is 11.1 Å². The molecule has 6 nitrogen and oxygen atoms in total. The molecule has 1 atom stereocenters. The van der Waals surface area contributed by atoms with Crippen molar-refractivity contribution in [2.24, 2.45) is 5.73 Å². The molecule has 3 N–H and O–H groups in total. The number of carbonyl (C=O) groups excluding carboxylic acids is 3. The Kier molecular flexibility index (Phi) is 7.72. The largest absolute Gasteiger partial charge is 0.356 e. The number of rotatable bonds is 8. The molecule has 0 aromatic heterocycles. The number of benzene rings is 2. The summed E-state index contributed by atoms with van der Waals surface area (Å²) < 4.78 is 0. The molecular weight excluding hydrogens is 378 g/mol. The molecule has 148 valence electrons. The van der Waals surface area contributed by atoms with Gasteiger partial charge in [0.15, 0.2) is 0 Å². The Morgan fingerprint density at radius 1 is 0.929 bits per heavy atom. The normalized spacial score (nSPS) is 13.7. The molecule has 0 aliphatic carbocycles. The first kappa shape index (κ1) is 21.6. The number of nitrogens with zero attached hydrogens (tertiary/aromatic N) is 1. The standard InChI is InChI=1S/C21H23N3O3.ClH/c22-18(15-8-2-1-3-9-15)14-19(25)23-12-6-7-13-24-20(26)16-10-4-5-11-17(16)21(24)27;/h1-5,8-11,18H,6-7,12-14,22H2,(H,23,25);1H. The third-order valence-electron chi connectivity index (χ3n) is 4.64. The van der Waals surface area contributed by atoms with Crippen molar-refractivity contribution in [3.63, 3.8) is 0 Å². The number of imide groups is 1. The van der Waals surface area contributed by atoms with E-state index < -0.39 is 0 Å². The van der Waals surface area contributed by atoms with Crippen LogP contribution in [0.2, 0.25) is 0 Å². The Hall–Kier alpha value is -2.70. The zero-order chi connectivity index (χ0) is 19.2. The van der Waals surface area contributed by atoms with E-state index in [4.69, 9.17) is 5.73 Å².